The van der Waals surface area contributed by atoms with Gasteiger partial charge < -0.3 is 28.7 Å². The smallest absolute Gasteiger partial charge is 0.280 e. The fourth-order valence-electron chi connectivity index (χ4n) is 8.52. The summed E-state index contributed by atoms with van der Waals surface area (Å²) in [5.41, 5.74) is 7.09. The van der Waals surface area contributed by atoms with Crippen molar-refractivity contribution in [3.05, 3.63) is 104 Å². The number of ether oxygens (including phenoxy) is 2. The first kappa shape index (κ1) is 40.4. The van der Waals surface area contributed by atoms with Gasteiger partial charge in [0.1, 0.15) is 6.54 Å². The van der Waals surface area contributed by atoms with Gasteiger partial charge in [-0.25, -0.2) is 4.68 Å². The average Bonchev–Trinajstić information content (AvgIpc) is 4.23. The molecule has 1 spiro atoms. The van der Waals surface area contributed by atoms with Crippen molar-refractivity contribution in [1.82, 2.24) is 24.5 Å². The van der Waals surface area contributed by atoms with E-state index in [-0.39, 0.29) is 53.4 Å². The van der Waals surface area contributed by atoms with Crippen LogP contribution in [0, 0.1) is 67.6 Å². The summed E-state index contributed by atoms with van der Waals surface area (Å²) in [6.07, 6.45) is 7.28. The first-order valence-electron chi connectivity index (χ1n) is 21.3. The molecule has 2 aromatic carbocycles. The molecule has 314 valence electrons. The van der Waals surface area contributed by atoms with Crippen LogP contribution in [0.25, 0.3) is 0 Å². The normalized spacial score (nSPS) is 21.2. The van der Waals surface area contributed by atoms with Crippen molar-refractivity contribution in [3.63, 3.8) is 0 Å². The fraction of sp³-hybridized carbons (Fsp3) is 0.458. The van der Waals surface area contributed by atoms with Crippen LogP contribution in [0.15, 0.2) is 53.5 Å². The van der Waals surface area contributed by atoms with Crippen molar-refractivity contribution in [2.24, 2.45) is 23.2 Å². The Hall–Kier alpha value is -6.02. The molecule has 1 atom stereocenters. The van der Waals surface area contributed by atoms with Crippen LogP contribution in [0.4, 0.5) is 11.4 Å². The number of fused-ring (bicyclic) bond motifs is 1. The molecule has 4 fully saturated rings. The van der Waals surface area contributed by atoms with Crippen LogP contribution < -0.4 is 15.4 Å². The largest absolute Gasteiger partial charge is 0.350 e. The van der Waals surface area contributed by atoms with Crippen molar-refractivity contribution >= 4 is 29.1 Å². The van der Waals surface area contributed by atoms with Crippen LogP contribution in [0.3, 0.4) is 0 Å². The Morgan fingerprint density at radius 2 is 1.64 bits per heavy atom. The van der Waals surface area contributed by atoms with E-state index in [2.05, 4.69) is 40.1 Å². The number of aromatic nitrogens is 4. The van der Waals surface area contributed by atoms with Crippen molar-refractivity contribution in [1.29, 1.82) is 0 Å². The van der Waals surface area contributed by atoms with Gasteiger partial charge in [0.25, 0.3) is 17.4 Å². The molecule has 61 heavy (non-hydrogen) atoms. The summed E-state index contributed by atoms with van der Waals surface area (Å²) in [7, 11) is 3.45. The van der Waals surface area contributed by atoms with E-state index in [4.69, 9.17) is 9.47 Å². The second-order valence-corrected chi connectivity index (χ2v) is 17.6. The number of pyridine rings is 1. The van der Waals surface area contributed by atoms with Crippen molar-refractivity contribution < 1.29 is 23.9 Å². The predicted molar refractivity (Wildman–Crippen MR) is 229 cm³/mol. The van der Waals surface area contributed by atoms with Crippen LogP contribution in [0.2, 0.25) is 0 Å². The molecular formula is C48H51N7O6. The third-order valence-corrected chi connectivity index (χ3v) is 12.9. The van der Waals surface area contributed by atoms with Crippen molar-refractivity contribution in [3.8, 4) is 23.7 Å². The van der Waals surface area contributed by atoms with Gasteiger partial charge in [0, 0.05) is 73.0 Å². The summed E-state index contributed by atoms with van der Waals surface area (Å²) < 4.78 is 15.3. The first-order valence-corrected chi connectivity index (χ1v) is 21.3. The van der Waals surface area contributed by atoms with E-state index in [1.54, 1.807) is 46.6 Å². The van der Waals surface area contributed by atoms with E-state index in [0.717, 1.165) is 64.9 Å². The lowest BCUT2D eigenvalue weighted by molar-refractivity contribution is -0.216. The minimum atomic E-state index is -0.559. The fourth-order valence-corrected chi connectivity index (χ4v) is 8.52. The molecule has 1 unspecified atom stereocenters. The molecule has 4 aromatic rings. The Labute approximate surface area is 356 Å². The highest BCUT2D eigenvalue weighted by Crippen LogP contribution is 2.55. The number of likely N-dealkylation sites (N-methyl/N-ethyl adjacent to an activating group) is 1. The highest BCUT2D eigenvalue weighted by Gasteiger charge is 2.57. The first-order chi connectivity index (χ1) is 29.4. The van der Waals surface area contributed by atoms with E-state index in [1.807, 2.05) is 38.1 Å². The van der Waals surface area contributed by atoms with Gasteiger partial charge in [-0.2, -0.15) is 0 Å². The van der Waals surface area contributed by atoms with Gasteiger partial charge in [0.05, 0.1) is 37.2 Å². The molecule has 4 heterocycles. The monoisotopic (exact) mass is 821 g/mol. The highest BCUT2D eigenvalue weighted by molar-refractivity contribution is 6.07. The quantitative estimate of drug-likeness (QED) is 0.218. The number of hydrogen-bond donors (Lipinski definition) is 0. The molecule has 0 radical (unpaired) electrons. The lowest BCUT2D eigenvalue weighted by Crippen LogP contribution is -2.40. The zero-order chi connectivity index (χ0) is 42.6. The summed E-state index contributed by atoms with van der Waals surface area (Å²) in [4.78, 5) is 59.2. The molecule has 0 bridgehead atoms. The van der Waals surface area contributed by atoms with Crippen LogP contribution in [0.1, 0.15) is 86.5 Å². The molecule has 3 amide bonds. The molecule has 5 aliphatic rings. The summed E-state index contributed by atoms with van der Waals surface area (Å²) >= 11 is 0. The molecule has 3 saturated carbocycles. The summed E-state index contributed by atoms with van der Waals surface area (Å²) in [6.45, 7) is 7.74. The number of carbonyl (C=O) groups is 3. The third kappa shape index (κ3) is 8.37. The molecule has 2 aliphatic heterocycles. The number of hydrogen-bond acceptors (Lipinski definition) is 8. The molecule has 1 saturated heterocycles. The molecule has 3 aliphatic carbocycles. The Morgan fingerprint density at radius 3 is 2.38 bits per heavy atom. The maximum Gasteiger partial charge on any atom is 0.280 e. The Bertz CT molecular complexity index is 2620. The Kier molecular flexibility index (Phi) is 10.7. The lowest BCUT2D eigenvalue weighted by atomic mass is 10.0. The van der Waals surface area contributed by atoms with Crippen LogP contribution in [-0.4, -0.2) is 88.9 Å². The topological polar surface area (TPSA) is 132 Å². The maximum absolute atomic E-state index is 13.8. The van der Waals surface area contributed by atoms with Crippen LogP contribution >= 0.6 is 0 Å². The molecule has 9 rings (SSSR count). The second-order valence-electron chi connectivity index (χ2n) is 17.6. The zero-order valence-corrected chi connectivity index (χ0v) is 35.5. The van der Waals surface area contributed by atoms with Crippen LogP contribution in [0.5, 0.6) is 0 Å². The number of anilines is 2. The number of aryl methyl sites for hydroxylation is 2. The Morgan fingerprint density at radius 1 is 0.918 bits per heavy atom. The molecule has 0 N–H and O–H groups in total. The standard InChI is InChI=1S/C48H51N7O6/c1-30-6-8-35(14-13-33-9-10-33)22-41(30)52(5)46(58)38-18-19-42(56)55(32(38)3)26-43(57)51(4)24-37-23-48(37)28-60-44(61-29-48)27-53-25-40(49-50-53)47(59)54-21-20-39-36(17-15-34-11-12-34)16-7-31(2)45(39)54/h6-8,16,18-19,22,25,33-34,37,44H,9-12,20-21,23-24,26-29H2,1-5H3. The molecule has 2 aromatic heterocycles. The van der Waals surface area contributed by atoms with Gasteiger partial charge in [-0.1, -0.05) is 41.0 Å². The number of rotatable bonds is 9. The maximum atomic E-state index is 13.8. The highest BCUT2D eigenvalue weighted by atomic mass is 16.7. The molecule has 13 nitrogen and oxygen atoms in total. The Balaban J connectivity index is 0.771. The lowest BCUT2D eigenvalue weighted by Gasteiger charge is -2.31. The van der Waals surface area contributed by atoms with Gasteiger partial charge in [0.15, 0.2) is 12.0 Å². The minimum Gasteiger partial charge on any atom is -0.350 e. The third-order valence-electron chi connectivity index (χ3n) is 12.9. The van der Waals surface area contributed by atoms with Gasteiger partial charge in [-0.3, -0.25) is 19.2 Å². The van der Waals surface area contributed by atoms with E-state index < -0.39 is 6.29 Å². The molecular weight excluding hydrogens is 771 g/mol. The number of nitrogens with zero attached hydrogens (tertiary/aromatic N) is 7. The van der Waals surface area contributed by atoms with Crippen LogP contribution in [-0.2, 0) is 33.8 Å². The van der Waals surface area contributed by atoms with E-state index in [0.29, 0.717) is 49.4 Å². The predicted octanol–water partition coefficient (Wildman–Crippen LogP) is 4.91. The SMILES string of the molecule is Cc1ccc(C#CC2CC2)cc1N(C)C(=O)c1ccc(=O)n(CC(=O)N(C)CC2CC23COC(Cn2cc(C(=O)N4CCc5c(C#CC6CC6)ccc(C)c54)nn2)OC3)c1C. The van der Waals surface area contributed by atoms with E-state index in [9.17, 15) is 19.2 Å². The second kappa shape index (κ2) is 16.1. The van der Waals surface area contributed by atoms with E-state index in [1.165, 1.54) is 29.5 Å². The number of carbonyl (C=O) groups excluding carboxylic acids is 3. The number of benzene rings is 2. The molecule has 13 heteroatoms. The van der Waals surface area contributed by atoms with Gasteiger partial charge in [0.2, 0.25) is 5.91 Å². The zero-order valence-electron chi connectivity index (χ0n) is 35.5. The van der Waals surface area contributed by atoms with Crippen molar-refractivity contribution in [2.45, 2.75) is 78.7 Å². The van der Waals surface area contributed by atoms with Gasteiger partial charge in [-0.15, -0.1) is 5.10 Å². The number of amides is 3. The summed E-state index contributed by atoms with van der Waals surface area (Å²) in [6, 6.07) is 12.8. The average molecular weight is 822 g/mol. The summed E-state index contributed by atoms with van der Waals surface area (Å²) in [5, 5.41) is 8.44. The van der Waals surface area contributed by atoms with Gasteiger partial charge in [-0.05, 0) is 106 Å². The minimum absolute atomic E-state index is 0.164. The van der Waals surface area contributed by atoms with Crippen molar-refractivity contribution in [2.75, 3.05) is 50.2 Å². The summed E-state index contributed by atoms with van der Waals surface area (Å²) in [5.74, 6) is 13.6. The van der Waals surface area contributed by atoms with Gasteiger partial charge >= 0.3 is 0 Å². The van der Waals surface area contributed by atoms with E-state index >= 15 is 0 Å².